The highest BCUT2D eigenvalue weighted by Gasteiger charge is 2.03. The molecule has 4 heteroatoms. The van der Waals surface area contributed by atoms with Crippen LogP contribution in [0.1, 0.15) is 20.8 Å². The maximum Gasteiger partial charge on any atom is 0.233 e. The fraction of sp³-hybridized carbons (Fsp3) is 0.900. The molecule has 0 heterocycles. The van der Waals surface area contributed by atoms with Crippen LogP contribution in [0.25, 0.3) is 0 Å². The first-order valence-electron chi connectivity index (χ1n) is 5.06. The Morgan fingerprint density at radius 3 is 2.43 bits per heavy atom. The van der Waals surface area contributed by atoms with Crippen molar-refractivity contribution in [3.63, 3.8) is 0 Å². The van der Waals surface area contributed by atoms with Crippen LogP contribution in [0.15, 0.2) is 0 Å². The van der Waals surface area contributed by atoms with Crippen LogP contribution in [0.4, 0.5) is 0 Å². The normalized spacial score (nSPS) is 12.9. The second-order valence-corrected chi connectivity index (χ2v) is 3.88. The van der Waals surface area contributed by atoms with Gasteiger partial charge in [0.1, 0.15) is 0 Å². The molecule has 84 valence electrons. The minimum absolute atomic E-state index is 0.0435. The van der Waals surface area contributed by atoms with Gasteiger partial charge in [0.2, 0.25) is 5.91 Å². The Hall–Kier alpha value is -0.610. The lowest BCUT2D eigenvalue weighted by Crippen LogP contribution is -2.38. The van der Waals surface area contributed by atoms with Crippen LogP contribution in [0.3, 0.4) is 0 Å². The first-order chi connectivity index (χ1) is 6.56. The molecule has 1 amide bonds. The lowest BCUT2D eigenvalue weighted by Gasteiger charge is -2.11. The maximum atomic E-state index is 11.2. The third kappa shape index (κ3) is 8.01. The summed E-state index contributed by atoms with van der Waals surface area (Å²) in [5.41, 5.74) is 0. The lowest BCUT2D eigenvalue weighted by molar-refractivity contribution is -0.120. The zero-order valence-corrected chi connectivity index (χ0v) is 9.59. The molecule has 14 heavy (non-hydrogen) atoms. The summed E-state index contributed by atoms with van der Waals surface area (Å²) in [5, 5.41) is 5.85. The van der Waals surface area contributed by atoms with Crippen LogP contribution >= 0.6 is 0 Å². The van der Waals surface area contributed by atoms with Crippen LogP contribution in [0.5, 0.6) is 0 Å². The van der Waals surface area contributed by atoms with Crippen molar-refractivity contribution >= 4 is 5.91 Å². The van der Waals surface area contributed by atoms with E-state index in [2.05, 4.69) is 24.5 Å². The molecule has 0 rings (SSSR count). The van der Waals surface area contributed by atoms with Gasteiger partial charge in [0.05, 0.1) is 12.6 Å². The summed E-state index contributed by atoms with van der Waals surface area (Å²) in [6.45, 7) is 7.90. The van der Waals surface area contributed by atoms with Crippen LogP contribution in [-0.4, -0.2) is 38.8 Å². The molecule has 0 aromatic carbocycles. The number of carbonyl (C=O) groups excluding carboxylic acids is 1. The minimum atomic E-state index is 0.0435. The van der Waals surface area contributed by atoms with Crippen molar-refractivity contribution in [1.29, 1.82) is 0 Å². The summed E-state index contributed by atoms with van der Waals surface area (Å²) in [7, 11) is 1.66. The number of amides is 1. The monoisotopic (exact) mass is 202 g/mol. The van der Waals surface area contributed by atoms with E-state index in [1.54, 1.807) is 7.11 Å². The van der Waals surface area contributed by atoms with E-state index in [0.717, 1.165) is 6.54 Å². The van der Waals surface area contributed by atoms with Crippen LogP contribution in [0.2, 0.25) is 0 Å². The highest BCUT2D eigenvalue weighted by Crippen LogP contribution is 1.86. The van der Waals surface area contributed by atoms with Crippen molar-refractivity contribution in [1.82, 2.24) is 10.6 Å². The van der Waals surface area contributed by atoms with Gasteiger partial charge < -0.3 is 15.4 Å². The predicted octanol–water partition coefficient (Wildman–Crippen LogP) is 0.383. The van der Waals surface area contributed by atoms with Gasteiger partial charge in [-0.2, -0.15) is 0 Å². The SMILES string of the molecule is COC(C)CNCC(=O)NCC(C)C. The number of nitrogens with one attached hydrogen (secondary N) is 2. The molecule has 0 radical (unpaired) electrons. The lowest BCUT2D eigenvalue weighted by atomic mass is 10.2. The van der Waals surface area contributed by atoms with E-state index in [1.165, 1.54) is 0 Å². The first kappa shape index (κ1) is 13.4. The summed E-state index contributed by atoms with van der Waals surface area (Å²) in [4.78, 5) is 11.2. The Morgan fingerprint density at radius 1 is 1.29 bits per heavy atom. The highest BCUT2D eigenvalue weighted by atomic mass is 16.5. The molecular weight excluding hydrogens is 180 g/mol. The van der Waals surface area contributed by atoms with Gasteiger partial charge in [-0.25, -0.2) is 0 Å². The smallest absolute Gasteiger partial charge is 0.233 e. The molecule has 0 saturated heterocycles. The van der Waals surface area contributed by atoms with E-state index in [9.17, 15) is 4.79 Å². The van der Waals surface area contributed by atoms with Gasteiger partial charge in [-0.15, -0.1) is 0 Å². The number of ether oxygens (including phenoxy) is 1. The molecule has 1 unspecified atom stereocenters. The fourth-order valence-electron chi connectivity index (χ4n) is 0.853. The quantitative estimate of drug-likeness (QED) is 0.627. The van der Waals surface area contributed by atoms with E-state index in [1.807, 2.05) is 6.92 Å². The van der Waals surface area contributed by atoms with Gasteiger partial charge in [0.25, 0.3) is 0 Å². The third-order valence-corrected chi connectivity index (χ3v) is 1.83. The molecule has 4 nitrogen and oxygen atoms in total. The van der Waals surface area contributed by atoms with Crippen LogP contribution in [-0.2, 0) is 9.53 Å². The van der Waals surface area contributed by atoms with E-state index >= 15 is 0 Å². The van der Waals surface area contributed by atoms with E-state index < -0.39 is 0 Å². The molecule has 0 saturated carbocycles. The molecule has 0 fully saturated rings. The summed E-state index contributed by atoms with van der Waals surface area (Å²) >= 11 is 0. The zero-order valence-electron chi connectivity index (χ0n) is 9.59. The van der Waals surface area contributed by atoms with Crippen molar-refractivity contribution in [3.8, 4) is 0 Å². The number of rotatable bonds is 7. The van der Waals surface area contributed by atoms with Crippen LogP contribution < -0.4 is 10.6 Å². The maximum absolute atomic E-state index is 11.2. The molecule has 0 aliphatic rings. The molecule has 1 atom stereocenters. The van der Waals surface area contributed by atoms with Gasteiger partial charge in [-0.3, -0.25) is 4.79 Å². The molecular formula is C10H22N2O2. The molecule has 2 N–H and O–H groups in total. The van der Waals surface area contributed by atoms with Crippen molar-refractivity contribution in [2.75, 3.05) is 26.7 Å². The van der Waals surface area contributed by atoms with E-state index in [0.29, 0.717) is 19.0 Å². The molecule has 0 aliphatic heterocycles. The number of hydrogen-bond donors (Lipinski definition) is 2. The number of methoxy groups -OCH3 is 1. The van der Waals surface area contributed by atoms with Gasteiger partial charge >= 0.3 is 0 Å². The van der Waals surface area contributed by atoms with Gasteiger partial charge in [-0.05, 0) is 12.8 Å². The standard InChI is InChI=1S/C10H22N2O2/c1-8(2)5-12-10(13)7-11-6-9(3)14-4/h8-9,11H,5-7H2,1-4H3,(H,12,13). The van der Waals surface area contributed by atoms with Crippen molar-refractivity contribution in [2.24, 2.45) is 5.92 Å². The van der Waals surface area contributed by atoms with Gasteiger partial charge in [0, 0.05) is 20.2 Å². The average Bonchev–Trinajstić information content (AvgIpc) is 2.14. The van der Waals surface area contributed by atoms with E-state index in [4.69, 9.17) is 4.74 Å². The predicted molar refractivity (Wildman–Crippen MR) is 57.2 cm³/mol. The van der Waals surface area contributed by atoms with Crippen molar-refractivity contribution in [3.05, 3.63) is 0 Å². The van der Waals surface area contributed by atoms with Gasteiger partial charge in [0.15, 0.2) is 0 Å². The summed E-state index contributed by atoms with van der Waals surface area (Å²) < 4.78 is 5.04. The highest BCUT2D eigenvalue weighted by molar-refractivity contribution is 5.77. The molecule has 0 aromatic heterocycles. The van der Waals surface area contributed by atoms with Crippen LogP contribution in [0, 0.1) is 5.92 Å². The number of hydrogen-bond acceptors (Lipinski definition) is 3. The Bertz CT molecular complexity index is 160. The summed E-state index contributed by atoms with van der Waals surface area (Å²) in [6.07, 6.45) is 0.146. The Kier molecular flexibility index (Phi) is 7.42. The van der Waals surface area contributed by atoms with Crippen molar-refractivity contribution in [2.45, 2.75) is 26.9 Å². The van der Waals surface area contributed by atoms with E-state index in [-0.39, 0.29) is 12.0 Å². The topological polar surface area (TPSA) is 50.4 Å². The average molecular weight is 202 g/mol. The summed E-state index contributed by atoms with van der Waals surface area (Å²) in [6, 6.07) is 0. The summed E-state index contributed by atoms with van der Waals surface area (Å²) in [5.74, 6) is 0.541. The molecule has 0 aliphatic carbocycles. The molecule has 0 bridgehead atoms. The molecule has 0 aromatic rings. The Labute approximate surface area is 86.4 Å². The molecule has 0 spiro atoms. The minimum Gasteiger partial charge on any atom is -0.380 e. The zero-order chi connectivity index (χ0) is 11.0. The fourth-order valence-corrected chi connectivity index (χ4v) is 0.853. The Morgan fingerprint density at radius 2 is 1.93 bits per heavy atom. The second-order valence-electron chi connectivity index (χ2n) is 3.88. The van der Waals surface area contributed by atoms with Gasteiger partial charge in [-0.1, -0.05) is 13.8 Å². The van der Waals surface area contributed by atoms with Crippen molar-refractivity contribution < 1.29 is 9.53 Å². The number of carbonyl (C=O) groups is 1. The third-order valence-electron chi connectivity index (χ3n) is 1.83. The Balaban J connectivity index is 3.35. The first-order valence-corrected chi connectivity index (χ1v) is 5.06. The second kappa shape index (κ2) is 7.76. The largest absolute Gasteiger partial charge is 0.380 e.